The SMILES string of the molecule is CSc1cc(N(CCBr)C2CCCC2)ncn1. The van der Waals surface area contributed by atoms with Crippen LogP contribution >= 0.6 is 27.7 Å². The highest BCUT2D eigenvalue weighted by Gasteiger charge is 2.23. The quantitative estimate of drug-likeness (QED) is 0.473. The summed E-state index contributed by atoms with van der Waals surface area (Å²) in [6, 6.07) is 2.77. The molecule has 0 bridgehead atoms. The summed E-state index contributed by atoms with van der Waals surface area (Å²) in [4.78, 5) is 11.1. The first-order chi connectivity index (χ1) is 8.35. The molecule has 0 radical (unpaired) electrons. The number of rotatable bonds is 5. The van der Waals surface area contributed by atoms with Crippen molar-refractivity contribution in [3.8, 4) is 0 Å². The molecule has 0 spiro atoms. The zero-order valence-electron chi connectivity index (χ0n) is 10.1. The van der Waals surface area contributed by atoms with E-state index in [0.29, 0.717) is 6.04 Å². The van der Waals surface area contributed by atoms with E-state index in [4.69, 9.17) is 0 Å². The predicted octanol–water partition coefficient (Wildman–Crippen LogP) is 3.34. The van der Waals surface area contributed by atoms with Gasteiger partial charge in [0.05, 0.1) is 0 Å². The van der Waals surface area contributed by atoms with Crippen molar-refractivity contribution in [1.82, 2.24) is 9.97 Å². The van der Waals surface area contributed by atoms with Crippen LogP contribution in [0.15, 0.2) is 17.4 Å². The maximum atomic E-state index is 4.43. The fourth-order valence-electron chi connectivity index (χ4n) is 2.39. The standard InChI is InChI=1S/C12H18BrN3S/c1-17-12-8-11(14-9-15-12)16(7-6-13)10-4-2-3-5-10/h8-10H,2-7H2,1H3. The monoisotopic (exact) mass is 315 g/mol. The molecule has 1 aromatic rings. The van der Waals surface area contributed by atoms with Gasteiger partial charge in [-0.3, -0.25) is 0 Å². The minimum absolute atomic E-state index is 0.664. The molecule has 0 aromatic carbocycles. The fraction of sp³-hybridized carbons (Fsp3) is 0.667. The first-order valence-electron chi connectivity index (χ1n) is 6.04. The fourth-order valence-corrected chi connectivity index (χ4v) is 3.15. The number of hydrogen-bond donors (Lipinski definition) is 0. The Morgan fingerprint density at radius 3 is 2.82 bits per heavy atom. The molecule has 0 aliphatic heterocycles. The summed E-state index contributed by atoms with van der Waals surface area (Å²) in [7, 11) is 0. The first-order valence-corrected chi connectivity index (χ1v) is 8.38. The molecule has 1 fully saturated rings. The van der Waals surface area contributed by atoms with Gasteiger partial charge in [-0.15, -0.1) is 11.8 Å². The molecular formula is C12H18BrN3S. The molecular weight excluding hydrogens is 298 g/mol. The number of anilines is 1. The minimum atomic E-state index is 0.664. The van der Waals surface area contributed by atoms with Crippen molar-refractivity contribution >= 4 is 33.5 Å². The Morgan fingerprint density at radius 2 is 2.18 bits per heavy atom. The third kappa shape index (κ3) is 3.35. The maximum Gasteiger partial charge on any atom is 0.133 e. The number of alkyl halides is 1. The lowest BCUT2D eigenvalue weighted by Crippen LogP contribution is -2.35. The number of thioether (sulfide) groups is 1. The largest absolute Gasteiger partial charge is 0.353 e. The summed E-state index contributed by atoms with van der Waals surface area (Å²) < 4.78 is 0. The van der Waals surface area contributed by atoms with Crippen molar-refractivity contribution in [3.63, 3.8) is 0 Å². The molecule has 0 atom stereocenters. The number of nitrogens with zero attached hydrogens (tertiary/aromatic N) is 3. The van der Waals surface area contributed by atoms with E-state index in [2.05, 4.69) is 43.1 Å². The third-order valence-electron chi connectivity index (χ3n) is 3.22. The number of aromatic nitrogens is 2. The van der Waals surface area contributed by atoms with Gasteiger partial charge in [-0.2, -0.15) is 0 Å². The van der Waals surface area contributed by atoms with E-state index in [1.54, 1.807) is 18.1 Å². The molecule has 0 unspecified atom stereocenters. The van der Waals surface area contributed by atoms with E-state index in [1.807, 2.05) is 0 Å². The molecule has 94 valence electrons. The van der Waals surface area contributed by atoms with Crippen LogP contribution in [0.5, 0.6) is 0 Å². The van der Waals surface area contributed by atoms with Crippen LogP contribution < -0.4 is 4.90 Å². The Labute approximate surface area is 116 Å². The van der Waals surface area contributed by atoms with Crippen LogP contribution in [0.1, 0.15) is 25.7 Å². The average molecular weight is 316 g/mol. The van der Waals surface area contributed by atoms with E-state index in [1.165, 1.54) is 25.7 Å². The van der Waals surface area contributed by atoms with Crippen LogP contribution in [0.25, 0.3) is 0 Å². The molecule has 0 saturated heterocycles. The van der Waals surface area contributed by atoms with Gasteiger partial charge in [0.15, 0.2) is 0 Å². The van der Waals surface area contributed by atoms with Crippen molar-refractivity contribution in [2.75, 3.05) is 23.0 Å². The van der Waals surface area contributed by atoms with E-state index in [9.17, 15) is 0 Å². The predicted molar refractivity (Wildman–Crippen MR) is 77.2 cm³/mol. The second-order valence-corrected chi connectivity index (χ2v) is 5.86. The smallest absolute Gasteiger partial charge is 0.133 e. The second kappa shape index (κ2) is 6.59. The summed E-state index contributed by atoms with van der Waals surface area (Å²) in [5, 5.41) is 2.04. The van der Waals surface area contributed by atoms with Gasteiger partial charge < -0.3 is 4.90 Å². The topological polar surface area (TPSA) is 29.0 Å². The van der Waals surface area contributed by atoms with Crippen LogP contribution in [0.4, 0.5) is 5.82 Å². The first kappa shape index (κ1) is 13.1. The third-order valence-corrected chi connectivity index (χ3v) is 4.22. The zero-order chi connectivity index (χ0) is 12.1. The average Bonchev–Trinajstić information content (AvgIpc) is 2.89. The van der Waals surface area contributed by atoms with Crippen molar-refractivity contribution in [3.05, 3.63) is 12.4 Å². The summed E-state index contributed by atoms with van der Waals surface area (Å²) in [6.07, 6.45) is 9.03. The molecule has 1 saturated carbocycles. The van der Waals surface area contributed by atoms with Gasteiger partial charge in [0.1, 0.15) is 17.2 Å². The van der Waals surface area contributed by atoms with Crippen LogP contribution in [0, 0.1) is 0 Å². The number of hydrogen-bond acceptors (Lipinski definition) is 4. The molecule has 2 rings (SSSR count). The Kier molecular flexibility index (Phi) is 5.10. The molecule has 1 aliphatic rings. The maximum absolute atomic E-state index is 4.43. The normalized spacial score (nSPS) is 16.4. The molecule has 3 nitrogen and oxygen atoms in total. The Bertz CT molecular complexity index is 355. The van der Waals surface area contributed by atoms with Crippen molar-refractivity contribution in [2.24, 2.45) is 0 Å². The van der Waals surface area contributed by atoms with Gasteiger partial charge in [0.2, 0.25) is 0 Å². The van der Waals surface area contributed by atoms with Gasteiger partial charge in [-0.05, 0) is 19.1 Å². The molecule has 1 heterocycles. The lowest BCUT2D eigenvalue weighted by Gasteiger charge is -2.29. The Morgan fingerprint density at radius 1 is 1.41 bits per heavy atom. The Hall–Kier alpha value is -0.290. The van der Waals surface area contributed by atoms with Crippen LogP contribution in [-0.2, 0) is 0 Å². The highest BCUT2D eigenvalue weighted by Crippen LogP contribution is 2.28. The van der Waals surface area contributed by atoms with E-state index < -0.39 is 0 Å². The van der Waals surface area contributed by atoms with Crippen LogP contribution in [-0.4, -0.2) is 34.1 Å². The lowest BCUT2D eigenvalue weighted by atomic mass is 10.2. The zero-order valence-corrected chi connectivity index (χ0v) is 12.5. The van der Waals surface area contributed by atoms with E-state index in [0.717, 1.165) is 22.7 Å². The second-order valence-electron chi connectivity index (χ2n) is 4.24. The van der Waals surface area contributed by atoms with Gasteiger partial charge in [0.25, 0.3) is 0 Å². The van der Waals surface area contributed by atoms with Crippen molar-refractivity contribution < 1.29 is 0 Å². The van der Waals surface area contributed by atoms with Gasteiger partial charge in [-0.25, -0.2) is 9.97 Å². The highest BCUT2D eigenvalue weighted by atomic mass is 79.9. The minimum Gasteiger partial charge on any atom is -0.353 e. The van der Waals surface area contributed by atoms with Crippen LogP contribution in [0.2, 0.25) is 0 Å². The molecule has 1 aliphatic carbocycles. The van der Waals surface area contributed by atoms with E-state index in [-0.39, 0.29) is 0 Å². The van der Waals surface area contributed by atoms with Crippen molar-refractivity contribution in [1.29, 1.82) is 0 Å². The Balaban J connectivity index is 2.18. The molecule has 0 N–H and O–H groups in total. The summed E-state index contributed by atoms with van der Waals surface area (Å²) in [5.74, 6) is 1.08. The summed E-state index contributed by atoms with van der Waals surface area (Å²) in [5.41, 5.74) is 0. The molecule has 1 aromatic heterocycles. The summed E-state index contributed by atoms with van der Waals surface area (Å²) in [6.45, 7) is 1.02. The van der Waals surface area contributed by atoms with Crippen LogP contribution in [0.3, 0.4) is 0 Å². The summed E-state index contributed by atoms with van der Waals surface area (Å²) >= 11 is 5.21. The van der Waals surface area contributed by atoms with Crippen molar-refractivity contribution in [2.45, 2.75) is 36.8 Å². The number of halogens is 1. The van der Waals surface area contributed by atoms with E-state index >= 15 is 0 Å². The molecule has 0 amide bonds. The molecule has 17 heavy (non-hydrogen) atoms. The van der Waals surface area contributed by atoms with Gasteiger partial charge in [-0.1, -0.05) is 28.8 Å². The van der Waals surface area contributed by atoms with Gasteiger partial charge >= 0.3 is 0 Å². The molecule has 5 heteroatoms. The highest BCUT2D eigenvalue weighted by molar-refractivity contribution is 9.09. The van der Waals surface area contributed by atoms with Gasteiger partial charge in [0, 0.05) is 24.0 Å². The lowest BCUT2D eigenvalue weighted by molar-refractivity contribution is 0.614.